The Hall–Kier alpha value is -3.14. The lowest BCUT2D eigenvalue weighted by molar-refractivity contribution is -0.143. The first kappa shape index (κ1) is 20.6. The molecule has 0 saturated carbocycles. The van der Waals surface area contributed by atoms with E-state index in [1.807, 2.05) is 61.5 Å². The van der Waals surface area contributed by atoms with Crippen LogP contribution in [-0.4, -0.2) is 12.6 Å². The van der Waals surface area contributed by atoms with Crippen molar-refractivity contribution >= 4 is 5.97 Å². The lowest BCUT2D eigenvalue weighted by Crippen LogP contribution is -2.05. The van der Waals surface area contributed by atoms with Crippen LogP contribution in [0.5, 0.6) is 5.75 Å². The van der Waals surface area contributed by atoms with E-state index in [1.54, 1.807) is 13.0 Å². The number of rotatable bonds is 8. The summed E-state index contributed by atoms with van der Waals surface area (Å²) in [5.74, 6) is 0.174. The molecule has 0 aliphatic carbocycles. The highest BCUT2D eigenvalue weighted by molar-refractivity contribution is 5.69. The van der Waals surface area contributed by atoms with Gasteiger partial charge in [-0.1, -0.05) is 54.1 Å². The summed E-state index contributed by atoms with van der Waals surface area (Å²) in [6, 6.07) is 20.6. The Bertz CT molecular complexity index is 947. The second-order valence-electron chi connectivity index (χ2n) is 6.87. The first-order valence-corrected chi connectivity index (χ1v) is 9.78. The summed E-state index contributed by atoms with van der Waals surface area (Å²) < 4.78 is 25.3. The van der Waals surface area contributed by atoms with Gasteiger partial charge in [-0.2, -0.15) is 0 Å². The van der Waals surface area contributed by atoms with Crippen molar-refractivity contribution in [1.29, 1.82) is 0 Å². The molecule has 0 heterocycles. The van der Waals surface area contributed by atoms with Crippen molar-refractivity contribution in [3.63, 3.8) is 0 Å². The topological polar surface area (TPSA) is 35.5 Å². The van der Waals surface area contributed by atoms with Crippen LogP contribution < -0.4 is 4.74 Å². The van der Waals surface area contributed by atoms with Crippen LogP contribution in [0, 0.1) is 12.7 Å². The standard InChI is InChI=1S/C25H25FO3/c1-3-28-25(27)16-11-19-9-14-21(15-10-19)29-17-23-22(5-4-6-24(23)26)20-12-7-18(2)8-13-20/h4-10,12-15H,3,11,16-17H2,1-2H3. The predicted molar refractivity (Wildman–Crippen MR) is 112 cm³/mol. The number of benzene rings is 3. The van der Waals surface area contributed by atoms with E-state index in [-0.39, 0.29) is 18.4 Å². The van der Waals surface area contributed by atoms with E-state index < -0.39 is 0 Å². The number of carbonyl (C=O) groups is 1. The Morgan fingerprint density at radius 2 is 1.69 bits per heavy atom. The van der Waals surface area contributed by atoms with Crippen LogP contribution in [0.25, 0.3) is 11.1 Å². The molecule has 0 unspecified atom stereocenters. The molecule has 0 spiro atoms. The van der Waals surface area contributed by atoms with Crippen LogP contribution >= 0.6 is 0 Å². The molecule has 4 heteroatoms. The molecule has 0 atom stereocenters. The largest absolute Gasteiger partial charge is 0.489 e. The van der Waals surface area contributed by atoms with Gasteiger partial charge in [0.1, 0.15) is 18.2 Å². The SMILES string of the molecule is CCOC(=O)CCc1ccc(OCc2c(F)cccc2-c2ccc(C)cc2)cc1. The lowest BCUT2D eigenvalue weighted by atomic mass is 9.99. The van der Waals surface area contributed by atoms with E-state index >= 15 is 0 Å². The molecule has 150 valence electrons. The van der Waals surface area contributed by atoms with Crippen molar-refractivity contribution < 1.29 is 18.7 Å². The monoisotopic (exact) mass is 392 g/mol. The molecule has 3 aromatic rings. The van der Waals surface area contributed by atoms with E-state index in [4.69, 9.17) is 9.47 Å². The lowest BCUT2D eigenvalue weighted by Gasteiger charge is -2.13. The van der Waals surface area contributed by atoms with Gasteiger partial charge in [-0.15, -0.1) is 0 Å². The normalized spacial score (nSPS) is 10.6. The molecule has 0 aliphatic rings. The van der Waals surface area contributed by atoms with Crippen LogP contribution in [0.4, 0.5) is 4.39 Å². The van der Waals surface area contributed by atoms with Gasteiger partial charge in [-0.3, -0.25) is 4.79 Å². The highest BCUT2D eigenvalue weighted by Gasteiger charge is 2.11. The highest BCUT2D eigenvalue weighted by atomic mass is 19.1. The molecule has 0 N–H and O–H groups in total. The van der Waals surface area contributed by atoms with Crippen molar-refractivity contribution in [3.05, 3.63) is 89.2 Å². The zero-order chi connectivity index (χ0) is 20.6. The predicted octanol–water partition coefficient (Wildman–Crippen LogP) is 5.88. The van der Waals surface area contributed by atoms with E-state index in [1.165, 1.54) is 6.07 Å². The Morgan fingerprint density at radius 3 is 2.38 bits per heavy atom. The molecule has 0 bridgehead atoms. The van der Waals surface area contributed by atoms with Gasteiger partial charge in [0.05, 0.1) is 6.61 Å². The third kappa shape index (κ3) is 5.67. The quantitative estimate of drug-likeness (QED) is 0.449. The van der Waals surface area contributed by atoms with Gasteiger partial charge >= 0.3 is 5.97 Å². The molecular weight excluding hydrogens is 367 g/mol. The fraction of sp³-hybridized carbons (Fsp3) is 0.240. The second-order valence-corrected chi connectivity index (χ2v) is 6.87. The smallest absolute Gasteiger partial charge is 0.306 e. The van der Waals surface area contributed by atoms with Gasteiger partial charge in [-0.05, 0) is 55.2 Å². The third-order valence-corrected chi connectivity index (χ3v) is 4.71. The summed E-state index contributed by atoms with van der Waals surface area (Å²) in [6.07, 6.45) is 0.965. The third-order valence-electron chi connectivity index (χ3n) is 4.71. The average molecular weight is 392 g/mol. The van der Waals surface area contributed by atoms with Crippen LogP contribution in [-0.2, 0) is 22.6 Å². The molecular formula is C25H25FO3. The van der Waals surface area contributed by atoms with Crippen molar-refractivity contribution in [1.82, 2.24) is 0 Å². The van der Waals surface area contributed by atoms with Gasteiger partial charge in [0, 0.05) is 12.0 Å². The molecule has 0 fully saturated rings. The molecule has 0 radical (unpaired) electrons. The van der Waals surface area contributed by atoms with Gasteiger partial charge in [0.2, 0.25) is 0 Å². The Labute approximate surface area is 171 Å². The van der Waals surface area contributed by atoms with Crippen molar-refractivity contribution in [2.24, 2.45) is 0 Å². The van der Waals surface area contributed by atoms with Crippen LogP contribution in [0.1, 0.15) is 30.0 Å². The second kappa shape index (κ2) is 9.87. The van der Waals surface area contributed by atoms with E-state index in [2.05, 4.69) is 0 Å². The van der Waals surface area contributed by atoms with Crippen LogP contribution in [0.2, 0.25) is 0 Å². The van der Waals surface area contributed by atoms with Crippen LogP contribution in [0.3, 0.4) is 0 Å². The van der Waals surface area contributed by atoms with Gasteiger partial charge in [-0.25, -0.2) is 4.39 Å². The first-order chi connectivity index (χ1) is 14.1. The number of esters is 1. The summed E-state index contributed by atoms with van der Waals surface area (Å²) >= 11 is 0. The minimum atomic E-state index is -0.283. The fourth-order valence-electron chi connectivity index (χ4n) is 3.10. The maximum absolute atomic E-state index is 14.5. The number of halogens is 1. The maximum atomic E-state index is 14.5. The summed E-state index contributed by atoms with van der Waals surface area (Å²) in [4.78, 5) is 11.5. The first-order valence-electron chi connectivity index (χ1n) is 9.78. The number of ether oxygens (including phenoxy) is 2. The van der Waals surface area contributed by atoms with Crippen LogP contribution in [0.15, 0.2) is 66.7 Å². The molecule has 0 amide bonds. The minimum Gasteiger partial charge on any atom is -0.489 e. The van der Waals surface area contributed by atoms with Crippen molar-refractivity contribution in [3.8, 4) is 16.9 Å². The number of aryl methyl sites for hydroxylation is 2. The maximum Gasteiger partial charge on any atom is 0.306 e. The zero-order valence-corrected chi connectivity index (χ0v) is 16.8. The molecule has 0 aromatic heterocycles. The molecule has 29 heavy (non-hydrogen) atoms. The summed E-state index contributed by atoms with van der Waals surface area (Å²) in [5, 5.41) is 0. The molecule has 0 saturated heterocycles. The van der Waals surface area contributed by atoms with E-state index in [9.17, 15) is 9.18 Å². The average Bonchev–Trinajstić information content (AvgIpc) is 2.73. The summed E-state index contributed by atoms with van der Waals surface area (Å²) in [7, 11) is 0. The van der Waals surface area contributed by atoms with Gasteiger partial charge < -0.3 is 9.47 Å². The van der Waals surface area contributed by atoms with E-state index in [0.717, 1.165) is 22.3 Å². The molecule has 0 aliphatic heterocycles. The van der Waals surface area contributed by atoms with Gasteiger partial charge in [0.15, 0.2) is 0 Å². The highest BCUT2D eigenvalue weighted by Crippen LogP contribution is 2.27. The number of hydrogen-bond donors (Lipinski definition) is 0. The van der Waals surface area contributed by atoms with E-state index in [0.29, 0.717) is 30.8 Å². The summed E-state index contributed by atoms with van der Waals surface area (Å²) in [5.41, 5.74) is 4.50. The minimum absolute atomic E-state index is 0.137. The van der Waals surface area contributed by atoms with Gasteiger partial charge in [0.25, 0.3) is 0 Å². The van der Waals surface area contributed by atoms with Crippen molar-refractivity contribution in [2.75, 3.05) is 6.61 Å². The Balaban J connectivity index is 1.67. The Kier molecular flexibility index (Phi) is 7.01. The zero-order valence-electron chi connectivity index (χ0n) is 16.8. The van der Waals surface area contributed by atoms with Crippen molar-refractivity contribution in [2.45, 2.75) is 33.3 Å². The molecule has 3 nitrogen and oxygen atoms in total. The number of hydrogen-bond acceptors (Lipinski definition) is 3. The summed E-state index contributed by atoms with van der Waals surface area (Å²) in [6.45, 7) is 4.35. The Morgan fingerprint density at radius 1 is 0.966 bits per heavy atom. The molecule has 3 rings (SSSR count). The number of carbonyl (C=O) groups excluding carboxylic acids is 1. The molecule has 3 aromatic carbocycles. The fourth-order valence-corrected chi connectivity index (χ4v) is 3.10.